The van der Waals surface area contributed by atoms with Gasteiger partial charge in [-0.05, 0) is 24.6 Å². The van der Waals surface area contributed by atoms with Crippen LogP contribution in [0.25, 0.3) is 11.4 Å². The number of hydrogen-bond acceptors (Lipinski definition) is 4. The first-order valence-corrected chi connectivity index (χ1v) is 7.62. The van der Waals surface area contributed by atoms with E-state index >= 15 is 0 Å². The number of rotatable bonds is 6. The lowest BCUT2D eigenvalue weighted by molar-refractivity contribution is -0.133. The molecule has 1 heterocycles. The van der Waals surface area contributed by atoms with Crippen molar-refractivity contribution in [3.8, 4) is 11.4 Å². The fourth-order valence-electron chi connectivity index (χ4n) is 1.82. The van der Waals surface area contributed by atoms with Gasteiger partial charge in [-0.2, -0.15) is 0 Å². The number of aromatic nitrogens is 3. The van der Waals surface area contributed by atoms with Gasteiger partial charge in [-0.25, -0.2) is 4.39 Å². The minimum Gasteiger partial charge on any atom is -0.481 e. The van der Waals surface area contributed by atoms with E-state index in [2.05, 4.69) is 10.2 Å². The third-order valence-electron chi connectivity index (χ3n) is 2.66. The van der Waals surface area contributed by atoms with Gasteiger partial charge in [0.05, 0.1) is 11.3 Å². The van der Waals surface area contributed by atoms with Crippen molar-refractivity contribution in [2.45, 2.75) is 25.0 Å². The Hall–Kier alpha value is -1.60. The smallest absolute Gasteiger partial charge is 0.313 e. The van der Waals surface area contributed by atoms with Crippen LogP contribution in [-0.4, -0.2) is 31.6 Å². The highest BCUT2D eigenvalue weighted by atomic mass is 35.5. The van der Waals surface area contributed by atoms with Gasteiger partial charge in [0.2, 0.25) is 0 Å². The van der Waals surface area contributed by atoms with Gasteiger partial charge in [0, 0.05) is 11.6 Å². The molecule has 2 aromatic rings. The first kappa shape index (κ1) is 15.8. The van der Waals surface area contributed by atoms with Crippen molar-refractivity contribution in [2.75, 3.05) is 5.75 Å². The van der Waals surface area contributed by atoms with E-state index in [-0.39, 0.29) is 5.75 Å². The van der Waals surface area contributed by atoms with Gasteiger partial charge in [-0.1, -0.05) is 30.3 Å². The maximum atomic E-state index is 14.0. The normalized spacial score (nSPS) is 10.8. The molecule has 0 radical (unpaired) electrons. The second-order valence-electron chi connectivity index (χ2n) is 4.26. The number of carbonyl (C=O) groups is 1. The molecule has 0 aliphatic carbocycles. The number of carboxylic acids is 1. The van der Waals surface area contributed by atoms with E-state index in [9.17, 15) is 9.18 Å². The minimum atomic E-state index is -0.940. The van der Waals surface area contributed by atoms with Gasteiger partial charge < -0.3 is 9.67 Å². The Bertz CT molecular complexity index is 663. The Kier molecular flexibility index (Phi) is 5.19. The Morgan fingerprint density at radius 1 is 1.48 bits per heavy atom. The van der Waals surface area contributed by atoms with Crippen molar-refractivity contribution >= 4 is 29.3 Å². The Labute approximate surface area is 130 Å². The number of aliphatic carboxylic acids is 1. The van der Waals surface area contributed by atoms with E-state index in [4.69, 9.17) is 16.7 Å². The summed E-state index contributed by atoms with van der Waals surface area (Å²) in [5, 5.41) is 17.5. The van der Waals surface area contributed by atoms with Crippen LogP contribution in [0.1, 0.15) is 13.3 Å². The monoisotopic (exact) mass is 329 g/mol. The molecule has 1 N–H and O–H groups in total. The average molecular weight is 330 g/mol. The first-order valence-electron chi connectivity index (χ1n) is 6.26. The van der Waals surface area contributed by atoms with Gasteiger partial charge in [-0.15, -0.1) is 10.2 Å². The Morgan fingerprint density at radius 2 is 2.24 bits per heavy atom. The highest BCUT2D eigenvalue weighted by Crippen LogP contribution is 2.27. The maximum absolute atomic E-state index is 14.0. The minimum absolute atomic E-state index is 0.120. The summed E-state index contributed by atoms with van der Waals surface area (Å²) in [6.45, 7) is 2.54. The van der Waals surface area contributed by atoms with Gasteiger partial charge >= 0.3 is 5.97 Å². The summed E-state index contributed by atoms with van der Waals surface area (Å²) in [6.07, 6.45) is 0.793. The lowest BCUT2D eigenvalue weighted by Gasteiger charge is -2.09. The Morgan fingerprint density at radius 3 is 2.86 bits per heavy atom. The molecule has 21 heavy (non-hydrogen) atoms. The van der Waals surface area contributed by atoms with Crippen LogP contribution >= 0.6 is 23.4 Å². The quantitative estimate of drug-likeness (QED) is 0.823. The van der Waals surface area contributed by atoms with Crippen LogP contribution in [0.4, 0.5) is 4.39 Å². The van der Waals surface area contributed by atoms with Crippen molar-refractivity contribution < 1.29 is 14.3 Å². The molecule has 0 fully saturated rings. The summed E-state index contributed by atoms with van der Waals surface area (Å²) < 4.78 is 15.7. The summed E-state index contributed by atoms with van der Waals surface area (Å²) in [7, 11) is 0. The fourth-order valence-corrected chi connectivity index (χ4v) is 2.66. The van der Waals surface area contributed by atoms with Crippen LogP contribution < -0.4 is 0 Å². The van der Waals surface area contributed by atoms with E-state index in [0.717, 1.165) is 18.2 Å². The van der Waals surface area contributed by atoms with Crippen molar-refractivity contribution in [1.82, 2.24) is 14.8 Å². The number of nitrogens with zero attached hydrogens (tertiary/aromatic N) is 3. The molecule has 8 heteroatoms. The summed E-state index contributed by atoms with van der Waals surface area (Å²) in [4.78, 5) is 10.7. The third-order valence-corrected chi connectivity index (χ3v) is 3.85. The SMILES string of the molecule is CCCn1c(SCC(=O)O)nnc1-c1ccc(Cl)cc1F. The van der Waals surface area contributed by atoms with Crippen LogP contribution in [0.15, 0.2) is 23.4 Å². The molecule has 1 aromatic heterocycles. The summed E-state index contributed by atoms with van der Waals surface area (Å²) in [5.41, 5.74) is 0.294. The molecule has 112 valence electrons. The molecule has 0 aliphatic rings. The van der Waals surface area contributed by atoms with Crippen LogP contribution in [-0.2, 0) is 11.3 Å². The highest BCUT2D eigenvalue weighted by Gasteiger charge is 2.17. The molecule has 0 unspecified atom stereocenters. The van der Waals surface area contributed by atoms with Crippen LogP contribution in [0, 0.1) is 5.82 Å². The van der Waals surface area contributed by atoms with E-state index < -0.39 is 11.8 Å². The van der Waals surface area contributed by atoms with E-state index in [1.54, 1.807) is 16.7 Å². The highest BCUT2D eigenvalue weighted by molar-refractivity contribution is 7.99. The molecular weight excluding hydrogens is 317 g/mol. The number of halogens is 2. The molecule has 0 bridgehead atoms. The summed E-state index contributed by atoms with van der Waals surface area (Å²) in [5.74, 6) is -1.17. The molecule has 1 aromatic carbocycles. The summed E-state index contributed by atoms with van der Waals surface area (Å²) in [6, 6.07) is 4.33. The molecule has 0 amide bonds. The van der Waals surface area contributed by atoms with Crippen LogP contribution in [0.2, 0.25) is 5.02 Å². The van der Waals surface area contributed by atoms with Gasteiger partial charge in [0.15, 0.2) is 11.0 Å². The van der Waals surface area contributed by atoms with Gasteiger partial charge in [0.1, 0.15) is 5.82 Å². The molecule has 0 saturated heterocycles. The number of carboxylic acid groups (broad SMARTS) is 1. The van der Waals surface area contributed by atoms with E-state index in [1.807, 2.05) is 6.92 Å². The molecule has 0 saturated carbocycles. The van der Waals surface area contributed by atoms with Crippen LogP contribution in [0.3, 0.4) is 0 Å². The van der Waals surface area contributed by atoms with Crippen molar-refractivity contribution in [3.63, 3.8) is 0 Å². The molecular formula is C13H13ClFN3O2S. The van der Waals surface area contributed by atoms with Crippen molar-refractivity contribution in [1.29, 1.82) is 0 Å². The molecule has 0 atom stereocenters. The second kappa shape index (κ2) is 6.91. The maximum Gasteiger partial charge on any atom is 0.313 e. The molecule has 5 nitrogen and oxygen atoms in total. The third kappa shape index (κ3) is 3.74. The number of benzene rings is 1. The standard InChI is InChI=1S/C13H13ClFN3O2S/c1-2-5-18-12(9-4-3-8(14)6-10(9)15)16-17-13(18)21-7-11(19)20/h3-4,6H,2,5,7H2,1H3,(H,19,20). The zero-order valence-electron chi connectivity index (χ0n) is 11.2. The second-order valence-corrected chi connectivity index (χ2v) is 5.64. The Balaban J connectivity index is 2.41. The van der Waals surface area contributed by atoms with Crippen molar-refractivity contribution in [3.05, 3.63) is 29.0 Å². The lowest BCUT2D eigenvalue weighted by atomic mass is 10.2. The van der Waals surface area contributed by atoms with E-state index in [0.29, 0.717) is 28.1 Å². The molecule has 2 rings (SSSR count). The zero-order valence-corrected chi connectivity index (χ0v) is 12.8. The average Bonchev–Trinajstić information content (AvgIpc) is 2.80. The molecule has 0 aliphatic heterocycles. The predicted octanol–water partition coefficient (Wildman–Crippen LogP) is 3.32. The summed E-state index contributed by atoms with van der Waals surface area (Å²) >= 11 is 6.80. The zero-order chi connectivity index (χ0) is 15.4. The van der Waals surface area contributed by atoms with E-state index in [1.165, 1.54) is 6.07 Å². The molecule has 0 spiro atoms. The van der Waals surface area contributed by atoms with Crippen LogP contribution in [0.5, 0.6) is 0 Å². The van der Waals surface area contributed by atoms with Gasteiger partial charge in [-0.3, -0.25) is 4.79 Å². The fraction of sp³-hybridized carbons (Fsp3) is 0.308. The predicted molar refractivity (Wildman–Crippen MR) is 79.1 cm³/mol. The first-order chi connectivity index (χ1) is 10.0. The number of hydrogen-bond donors (Lipinski definition) is 1. The topological polar surface area (TPSA) is 68.0 Å². The number of thioether (sulfide) groups is 1. The largest absolute Gasteiger partial charge is 0.481 e. The lowest BCUT2D eigenvalue weighted by Crippen LogP contribution is -2.05. The van der Waals surface area contributed by atoms with Gasteiger partial charge in [0.25, 0.3) is 0 Å². The van der Waals surface area contributed by atoms with Crippen molar-refractivity contribution in [2.24, 2.45) is 0 Å².